The third-order valence-corrected chi connectivity index (χ3v) is 3.85. The average molecular weight is 290 g/mol. The van der Waals surface area contributed by atoms with Crippen LogP contribution in [-0.4, -0.2) is 43.7 Å². The van der Waals surface area contributed by atoms with Crippen LogP contribution in [-0.2, 0) is 4.79 Å². The smallest absolute Gasteiger partial charge is 0.238 e. The van der Waals surface area contributed by atoms with E-state index in [1.165, 1.54) is 19.3 Å². The molecule has 1 amide bonds. The predicted octanol–water partition coefficient (Wildman–Crippen LogP) is 2.27. The molecule has 21 heavy (non-hydrogen) atoms. The molecule has 2 heterocycles. The van der Waals surface area contributed by atoms with Crippen molar-refractivity contribution < 1.29 is 14.3 Å². The van der Waals surface area contributed by atoms with Gasteiger partial charge in [-0.3, -0.25) is 9.69 Å². The van der Waals surface area contributed by atoms with Crippen molar-refractivity contribution in [1.82, 2.24) is 4.90 Å². The van der Waals surface area contributed by atoms with Crippen molar-refractivity contribution in [2.24, 2.45) is 0 Å². The molecule has 2 aliphatic heterocycles. The lowest BCUT2D eigenvalue weighted by molar-refractivity contribution is -0.117. The number of ether oxygens (including phenoxy) is 2. The van der Waals surface area contributed by atoms with E-state index in [4.69, 9.17) is 9.47 Å². The first-order valence-corrected chi connectivity index (χ1v) is 7.73. The topological polar surface area (TPSA) is 50.8 Å². The highest BCUT2D eigenvalue weighted by atomic mass is 16.5. The van der Waals surface area contributed by atoms with Crippen molar-refractivity contribution in [2.75, 3.05) is 38.2 Å². The molecule has 0 spiro atoms. The molecule has 0 atom stereocenters. The van der Waals surface area contributed by atoms with Gasteiger partial charge in [0, 0.05) is 18.2 Å². The van der Waals surface area contributed by atoms with Crippen molar-refractivity contribution in [3.63, 3.8) is 0 Å². The summed E-state index contributed by atoms with van der Waals surface area (Å²) in [7, 11) is 0. The molecule has 2 aliphatic rings. The third-order valence-electron chi connectivity index (χ3n) is 3.85. The van der Waals surface area contributed by atoms with E-state index in [0.29, 0.717) is 25.5 Å². The Balaban J connectivity index is 1.59. The van der Waals surface area contributed by atoms with Crippen LogP contribution in [0.2, 0.25) is 0 Å². The molecule has 0 bridgehead atoms. The molecule has 0 aliphatic carbocycles. The highest BCUT2D eigenvalue weighted by Crippen LogP contribution is 2.32. The lowest BCUT2D eigenvalue weighted by atomic mass is 10.1. The lowest BCUT2D eigenvalue weighted by Crippen LogP contribution is -2.36. The summed E-state index contributed by atoms with van der Waals surface area (Å²) < 4.78 is 11.2. The molecule has 1 aromatic carbocycles. The van der Waals surface area contributed by atoms with Crippen LogP contribution in [0.15, 0.2) is 18.2 Å². The van der Waals surface area contributed by atoms with Gasteiger partial charge in [-0.05, 0) is 38.1 Å². The van der Waals surface area contributed by atoms with Gasteiger partial charge < -0.3 is 14.8 Å². The predicted molar refractivity (Wildman–Crippen MR) is 81.0 cm³/mol. The van der Waals surface area contributed by atoms with Gasteiger partial charge in [0.25, 0.3) is 0 Å². The Morgan fingerprint density at radius 3 is 2.62 bits per heavy atom. The Hall–Kier alpha value is -1.75. The molecule has 0 saturated carbocycles. The molecule has 5 nitrogen and oxygen atoms in total. The zero-order valence-electron chi connectivity index (χ0n) is 12.3. The van der Waals surface area contributed by atoms with E-state index in [1.807, 2.05) is 18.2 Å². The Labute approximate surface area is 125 Å². The molecule has 5 heteroatoms. The molecular formula is C16H22N2O3. The highest BCUT2D eigenvalue weighted by molar-refractivity contribution is 5.92. The normalized spacial score (nSPS) is 18.9. The van der Waals surface area contributed by atoms with Crippen molar-refractivity contribution in [3.05, 3.63) is 18.2 Å². The lowest BCUT2D eigenvalue weighted by Gasteiger charge is -2.25. The van der Waals surface area contributed by atoms with E-state index in [9.17, 15) is 4.79 Å². The molecular weight excluding hydrogens is 268 g/mol. The second-order valence-corrected chi connectivity index (χ2v) is 5.60. The quantitative estimate of drug-likeness (QED) is 0.928. The molecule has 0 aromatic heterocycles. The summed E-state index contributed by atoms with van der Waals surface area (Å²) in [4.78, 5) is 14.3. The van der Waals surface area contributed by atoms with Crippen molar-refractivity contribution >= 4 is 11.6 Å². The number of benzene rings is 1. The summed E-state index contributed by atoms with van der Waals surface area (Å²) in [5.74, 6) is 1.50. The average Bonchev–Trinajstić information content (AvgIpc) is 2.73. The minimum atomic E-state index is 0.0337. The van der Waals surface area contributed by atoms with Crippen molar-refractivity contribution in [1.29, 1.82) is 0 Å². The molecule has 114 valence electrons. The fourth-order valence-corrected chi connectivity index (χ4v) is 2.76. The van der Waals surface area contributed by atoms with Crippen LogP contribution in [0.1, 0.15) is 25.7 Å². The second kappa shape index (κ2) is 6.80. The number of nitrogens with zero attached hydrogens (tertiary/aromatic N) is 1. The number of nitrogens with one attached hydrogen (secondary N) is 1. The standard InChI is InChI=1S/C16H22N2O3/c19-16(12-18-7-2-1-3-8-18)17-13-5-6-14-15(11-13)21-10-4-9-20-14/h5-6,11H,1-4,7-10,12H2,(H,17,19). The monoisotopic (exact) mass is 290 g/mol. The minimum absolute atomic E-state index is 0.0337. The van der Waals surface area contributed by atoms with Gasteiger partial charge in [0.1, 0.15) is 0 Å². The number of rotatable bonds is 3. The maximum Gasteiger partial charge on any atom is 0.238 e. The zero-order valence-corrected chi connectivity index (χ0v) is 12.3. The Kier molecular flexibility index (Phi) is 4.60. The molecule has 0 unspecified atom stereocenters. The summed E-state index contributed by atoms with van der Waals surface area (Å²) in [5, 5.41) is 2.94. The minimum Gasteiger partial charge on any atom is -0.490 e. The molecule has 1 fully saturated rings. The maximum atomic E-state index is 12.1. The van der Waals surface area contributed by atoms with E-state index in [1.54, 1.807) is 0 Å². The molecule has 1 aromatic rings. The third kappa shape index (κ3) is 3.88. The Bertz CT molecular complexity index is 498. The fraction of sp³-hybridized carbons (Fsp3) is 0.562. The molecule has 1 N–H and O–H groups in total. The Morgan fingerprint density at radius 1 is 1.05 bits per heavy atom. The number of carbonyl (C=O) groups is 1. The molecule has 1 saturated heterocycles. The first-order chi connectivity index (χ1) is 10.3. The number of anilines is 1. The highest BCUT2D eigenvalue weighted by Gasteiger charge is 2.15. The van der Waals surface area contributed by atoms with Gasteiger partial charge >= 0.3 is 0 Å². The molecule has 0 radical (unpaired) electrons. The van der Waals surface area contributed by atoms with Gasteiger partial charge in [-0.25, -0.2) is 0 Å². The number of likely N-dealkylation sites (tertiary alicyclic amines) is 1. The van der Waals surface area contributed by atoms with E-state index in [-0.39, 0.29) is 5.91 Å². The van der Waals surface area contributed by atoms with Crippen LogP contribution in [0.4, 0.5) is 5.69 Å². The summed E-state index contributed by atoms with van der Waals surface area (Å²) in [6.07, 6.45) is 4.54. The SMILES string of the molecule is O=C(CN1CCCCC1)Nc1ccc2c(c1)OCCCO2. The number of piperidine rings is 1. The number of carbonyl (C=O) groups excluding carboxylic acids is 1. The Morgan fingerprint density at radius 2 is 1.81 bits per heavy atom. The van der Waals surface area contributed by atoms with Crippen LogP contribution >= 0.6 is 0 Å². The second-order valence-electron chi connectivity index (χ2n) is 5.60. The van der Waals surface area contributed by atoms with Crippen molar-refractivity contribution in [3.8, 4) is 11.5 Å². The van der Waals surface area contributed by atoms with Crippen LogP contribution in [0.3, 0.4) is 0 Å². The van der Waals surface area contributed by atoms with Gasteiger partial charge in [0.15, 0.2) is 11.5 Å². The summed E-state index contributed by atoms with van der Waals surface area (Å²) in [5.41, 5.74) is 0.765. The van der Waals surface area contributed by atoms with Gasteiger partial charge in [-0.1, -0.05) is 6.42 Å². The van der Waals surface area contributed by atoms with Gasteiger partial charge in [0.2, 0.25) is 5.91 Å². The van der Waals surface area contributed by atoms with Gasteiger partial charge in [-0.2, -0.15) is 0 Å². The zero-order chi connectivity index (χ0) is 14.5. The van der Waals surface area contributed by atoms with Gasteiger partial charge in [0.05, 0.1) is 19.8 Å². The maximum absolute atomic E-state index is 12.1. The summed E-state index contributed by atoms with van der Waals surface area (Å²) in [6.45, 7) is 3.84. The van der Waals surface area contributed by atoms with Gasteiger partial charge in [-0.15, -0.1) is 0 Å². The summed E-state index contributed by atoms with van der Waals surface area (Å²) >= 11 is 0. The van der Waals surface area contributed by atoms with E-state index < -0.39 is 0 Å². The van der Waals surface area contributed by atoms with Crippen LogP contribution in [0.25, 0.3) is 0 Å². The largest absolute Gasteiger partial charge is 0.490 e. The van der Waals surface area contributed by atoms with Crippen LogP contribution < -0.4 is 14.8 Å². The van der Waals surface area contributed by atoms with E-state index in [2.05, 4.69) is 10.2 Å². The fourth-order valence-electron chi connectivity index (χ4n) is 2.76. The first kappa shape index (κ1) is 14.2. The number of amides is 1. The number of hydrogen-bond acceptors (Lipinski definition) is 4. The first-order valence-electron chi connectivity index (χ1n) is 7.73. The van der Waals surface area contributed by atoms with E-state index in [0.717, 1.165) is 30.9 Å². The summed E-state index contributed by atoms with van der Waals surface area (Å²) in [6, 6.07) is 5.56. The number of hydrogen-bond donors (Lipinski definition) is 1. The van der Waals surface area contributed by atoms with E-state index >= 15 is 0 Å². The van der Waals surface area contributed by atoms with Crippen LogP contribution in [0.5, 0.6) is 11.5 Å². The number of fused-ring (bicyclic) bond motifs is 1. The van der Waals surface area contributed by atoms with Crippen LogP contribution in [0, 0.1) is 0 Å². The van der Waals surface area contributed by atoms with Crippen molar-refractivity contribution in [2.45, 2.75) is 25.7 Å². The molecule has 3 rings (SSSR count).